The quantitative estimate of drug-likeness (QED) is 0.432. The van der Waals surface area contributed by atoms with Crippen LogP contribution in [0.15, 0.2) is 23.3 Å². The van der Waals surface area contributed by atoms with Gasteiger partial charge >= 0.3 is 11.8 Å². The normalized spacial score (nSPS) is 16.6. The Hall–Kier alpha value is -2.61. The molecule has 8 heteroatoms. The van der Waals surface area contributed by atoms with E-state index in [0.717, 1.165) is 12.8 Å². The van der Waals surface area contributed by atoms with E-state index in [1.54, 1.807) is 25.3 Å². The second-order valence-electron chi connectivity index (χ2n) is 5.39. The van der Waals surface area contributed by atoms with Gasteiger partial charge in [-0.2, -0.15) is 5.10 Å². The van der Waals surface area contributed by atoms with E-state index in [1.807, 2.05) is 6.92 Å². The molecule has 0 spiro atoms. The SMILES string of the molecule is CCOc1cc(/C=N\NC(=O)C(=O)NC[C@H]2CCCO2)ccc1OC. The number of carbonyl (C=O) groups excluding carboxylic acids is 2. The fourth-order valence-corrected chi connectivity index (χ4v) is 2.35. The maximum atomic E-state index is 11.7. The molecule has 1 aromatic carbocycles. The highest BCUT2D eigenvalue weighted by atomic mass is 16.5. The average molecular weight is 349 g/mol. The van der Waals surface area contributed by atoms with Crippen LogP contribution >= 0.6 is 0 Å². The zero-order valence-electron chi connectivity index (χ0n) is 14.4. The number of methoxy groups -OCH3 is 1. The van der Waals surface area contributed by atoms with E-state index in [0.29, 0.717) is 36.8 Å². The summed E-state index contributed by atoms with van der Waals surface area (Å²) in [4.78, 5) is 23.4. The van der Waals surface area contributed by atoms with Crippen LogP contribution in [0.25, 0.3) is 0 Å². The molecule has 0 radical (unpaired) electrons. The molecule has 2 rings (SSSR count). The van der Waals surface area contributed by atoms with Crippen molar-refractivity contribution in [3.8, 4) is 11.5 Å². The van der Waals surface area contributed by atoms with Crippen LogP contribution in [0.4, 0.5) is 0 Å². The number of rotatable bonds is 7. The Morgan fingerprint density at radius 1 is 1.36 bits per heavy atom. The molecule has 1 aliphatic rings. The number of nitrogens with zero attached hydrogens (tertiary/aromatic N) is 1. The highest BCUT2D eigenvalue weighted by Gasteiger charge is 2.18. The lowest BCUT2D eigenvalue weighted by molar-refractivity contribution is -0.139. The number of benzene rings is 1. The summed E-state index contributed by atoms with van der Waals surface area (Å²) in [5, 5.41) is 6.31. The number of carbonyl (C=O) groups is 2. The van der Waals surface area contributed by atoms with Crippen LogP contribution in [-0.4, -0.2) is 51.0 Å². The Bertz CT molecular complexity index is 627. The third-order valence-corrected chi connectivity index (χ3v) is 3.59. The van der Waals surface area contributed by atoms with Crippen LogP contribution in [0, 0.1) is 0 Å². The van der Waals surface area contributed by atoms with Crippen molar-refractivity contribution >= 4 is 18.0 Å². The molecule has 1 aromatic rings. The number of hydrazone groups is 1. The fourth-order valence-electron chi connectivity index (χ4n) is 2.35. The largest absolute Gasteiger partial charge is 0.493 e. The van der Waals surface area contributed by atoms with Crippen LogP contribution in [0.1, 0.15) is 25.3 Å². The summed E-state index contributed by atoms with van der Waals surface area (Å²) < 4.78 is 16.0. The lowest BCUT2D eigenvalue weighted by Crippen LogP contribution is -2.41. The number of ether oxygens (including phenoxy) is 3. The molecule has 1 heterocycles. The Labute approximate surface area is 146 Å². The molecule has 8 nitrogen and oxygen atoms in total. The van der Waals surface area contributed by atoms with Crippen molar-refractivity contribution in [3.63, 3.8) is 0 Å². The summed E-state index contributed by atoms with van der Waals surface area (Å²) in [5.41, 5.74) is 2.89. The predicted octanol–water partition coefficient (Wildman–Crippen LogP) is 0.839. The first-order chi connectivity index (χ1) is 12.1. The lowest BCUT2D eigenvalue weighted by atomic mass is 10.2. The van der Waals surface area contributed by atoms with Gasteiger partial charge < -0.3 is 19.5 Å². The zero-order chi connectivity index (χ0) is 18.1. The Morgan fingerprint density at radius 2 is 2.20 bits per heavy atom. The average Bonchev–Trinajstić information content (AvgIpc) is 3.13. The monoisotopic (exact) mass is 349 g/mol. The minimum atomic E-state index is -0.826. The van der Waals surface area contributed by atoms with Crippen LogP contribution in [0.3, 0.4) is 0 Å². The minimum Gasteiger partial charge on any atom is -0.493 e. The first kappa shape index (κ1) is 18.7. The first-order valence-corrected chi connectivity index (χ1v) is 8.17. The van der Waals surface area contributed by atoms with Crippen molar-refractivity contribution in [1.82, 2.24) is 10.7 Å². The fraction of sp³-hybridized carbons (Fsp3) is 0.471. The molecule has 25 heavy (non-hydrogen) atoms. The molecule has 2 N–H and O–H groups in total. The number of hydrogen-bond acceptors (Lipinski definition) is 6. The standard InChI is InChI=1S/C17H23N3O5/c1-3-24-15-9-12(6-7-14(15)23-2)10-19-20-17(22)16(21)18-11-13-5-4-8-25-13/h6-7,9-10,13H,3-5,8,11H2,1-2H3,(H,18,21)(H,20,22)/b19-10-/t13-/m1/s1. The van der Waals surface area contributed by atoms with Crippen molar-refractivity contribution in [2.24, 2.45) is 5.10 Å². The van der Waals surface area contributed by atoms with Crippen LogP contribution in [0.5, 0.6) is 11.5 Å². The molecule has 1 aliphatic heterocycles. The minimum absolute atomic E-state index is 0.0171. The number of amides is 2. The van der Waals surface area contributed by atoms with Gasteiger partial charge in [-0.25, -0.2) is 5.43 Å². The summed E-state index contributed by atoms with van der Waals surface area (Å²) in [5.74, 6) is -0.378. The molecule has 1 fully saturated rings. The van der Waals surface area contributed by atoms with Crippen molar-refractivity contribution in [2.45, 2.75) is 25.9 Å². The maximum Gasteiger partial charge on any atom is 0.329 e. The summed E-state index contributed by atoms with van der Waals surface area (Å²) in [7, 11) is 1.56. The molecule has 0 saturated carbocycles. The van der Waals surface area contributed by atoms with Crippen molar-refractivity contribution < 1.29 is 23.8 Å². The molecule has 0 aliphatic carbocycles. The van der Waals surface area contributed by atoms with Gasteiger partial charge in [-0.15, -0.1) is 0 Å². The summed E-state index contributed by atoms with van der Waals surface area (Å²) >= 11 is 0. The molecule has 2 amide bonds. The molecular formula is C17H23N3O5. The third kappa shape index (κ3) is 5.75. The van der Waals surface area contributed by atoms with E-state index in [-0.39, 0.29) is 6.10 Å². The lowest BCUT2D eigenvalue weighted by Gasteiger charge is -2.10. The van der Waals surface area contributed by atoms with Gasteiger partial charge in [0.05, 0.1) is 26.0 Å². The van der Waals surface area contributed by atoms with Crippen molar-refractivity contribution in [1.29, 1.82) is 0 Å². The summed E-state index contributed by atoms with van der Waals surface area (Å²) in [6.07, 6.45) is 3.27. The van der Waals surface area contributed by atoms with Gasteiger partial charge in [-0.1, -0.05) is 0 Å². The van der Waals surface area contributed by atoms with Gasteiger partial charge in [-0.05, 0) is 43.5 Å². The van der Waals surface area contributed by atoms with E-state index in [9.17, 15) is 9.59 Å². The third-order valence-electron chi connectivity index (χ3n) is 3.59. The van der Waals surface area contributed by atoms with Crippen LogP contribution < -0.4 is 20.2 Å². The molecule has 0 aromatic heterocycles. The maximum absolute atomic E-state index is 11.7. The van der Waals surface area contributed by atoms with Gasteiger partial charge in [0.25, 0.3) is 0 Å². The van der Waals surface area contributed by atoms with Crippen LogP contribution in [-0.2, 0) is 14.3 Å². The Balaban J connectivity index is 1.83. The smallest absolute Gasteiger partial charge is 0.329 e. The topological polar surface area (TPSA) is 98.2 Å². The van der Waals surface area contributed by atoms with Gasteiger partial charge in [-0.3, -0.25) is 9.59 Å². The molecule has 1 atom stereocenters. The van der Waals surface area contributed by atoms with E-state index in [1.165, 1.54) is 6.21 Å². The Morgan fingerprint density at radius 3 is 2.88 bits per heavy atom. The van der Waals surface area contributed by atoms with E-state index < -0.39 is 11.8 Å². The summed E-state index contributed by atoms with van der Waals surface area (Å²) in [6.45, 7) is 3.39. The van der Waals surface area contributed by atoms with E-state index in [2.05, 4.69) is 15.8 Å². The van der Waals surface area contributed by atoms with E-state index >= 15 is 0 Å². The van der Waals surface area contributed by atoms with Gasteiger partial charge in [0.15, 0.2) is 11.5 Å². The Kier molecular flexibility index (Phi) is 7.21. The van der Waals surface area contributed by atoms with Crippen molar-refractivity contribution in [2.75, 3.05) is 26.9 Å². The second kappa shape index (κ2) is 9.63. The predicted molar refractivity (Wildman–Crippen MR) is 91.9 cm³/mol. The number of hydrogen-bond donors (Lipinski definition) is 2. The van der Waals surface area contributed by atoms with Gasteiger partial charge in [0.2, 0.25) is 0 Å². The first-order valence-electron chi connectivity index (χ1n) is 8.17. The van der Waals surface area contributed by atoms with Crippen LogP contribution in [0.2, 0.25) is 0 Å². The van der Waals surface area contributed by atoms with Gasteiger partial charge in [0.1, 0.15) is 0 Å². The number of nitrogens with one attached hydrogen (secondary N) is 2. The zero-order valence-corrected chi connectivity index (χ0v) is 14.4. The second-order valence-corrected chi connectivity index (χ2v) is 5.39. The summed E-state index contributed by atoms with van der Waals surface area (Å²) in [6, 6.07) is 5.23. The molecule has 136 valence electrons. The molecule has 0 bridgehead atoms. The van der Waals surface area contributed by atoms with Gasteiger partial charge in [0, 0.05) is 13.2 Å². The molecule has 1 saturated heterocycles. The highest BCUT2D eigenvalue weighted by Crippen LogP contribution is 2.27. The highest BCUT2D eigenvalue weighted by molar-refractivity contribution is 6.35. The molecule has 0 unspecified atom stereocenters. The van der Waals surface area contributed by atoms with Crippen molar-refractivity contribution in [3.05, 3.63) is 23.8 Å². The van der Waals surface area contributed by atoms with E-state index in [4.69, 9.17) is 14.2 Å². The molecular weight excluding hydrogens is 326 g/mol.